The van der Waals surface area contributed by atoms with Crippen molar-refractivity contribution in [2.24, 2.45) is 11.7 Å². The summed E-state index contributed by atoms with van der Waals surface area (Å²) in [5, 5.41) is 3.48. The first kappa shape index (κ1) is 17.5. The Balaban J connectivity index is 1.59. The van der Waals surface area contributed by atoms with Crippen LogP contribution in [0.1, 0.15) is 44.5 Å². The summed E-state index contributed by atoms with van der Waals surface area (Å²) < 4.78 is 1.97. The molecule has 0 saturated carbocycles. The summed E-state index contributed by atoms with van der Waals surface area (Å²) in [7, 11) is 0. The van der Waals surface area contributed by atoms with Crippen molar-refractivity contribution in [3.05, 3.63) is 70.4 Å². The zero-order valence-electron chi connectivity index (χ0n) is 15.1. The number of fused-ring (bicyclic) bond motifs is 1. The third kappa shape index (κ3) is 3.40. The number of hydrogen-bond donors (Lipinski definition) is 2. The van der Waals surface area contributed by atoms with Gasteiger partial charge in [0, 0.05) is 28.5 Å². The minimum atomic E-state index is -0.472. The highest BCUT2D eigenvalue weighted by Crippen LogP contribution is 2.39. The summed E-state index contributed by atoms with van der Waals surface area (Å²) in [6, 6.07) is 11.3. The van der Waals surface area contributed by atoms with Gasteiger partial charge in [-0.05, 0) is 67.1 Å². The van der Waals surface area contributed by atoms with Gasteiger partial charge in [0.25, 0.3) is 11.8 Å². The highest BCUT2D eigenvalue weighted by Gasteiger charge is 2.27. The monoisotopic (exact) mass is 379 g/mol. The molecule has 1 aliphatic carbocycles. The number of nitrogens with zero attached hydrogens (tertiary/aromatic N) is 1. The van der Waals surface area contributed by atoms with E-state index in [2.05, 4.69) is 12.2 Å². The van der Waals surface area contributed by atoms with E-state index < -0.39 is 5.91 Å². The Labute approximate surface area is 161 Å². The Morgan fingerprint density at radius 3 is 2.56 bits per heavy atom. The number of carbonyl (C=O) groups is 2. The lowest BCUT2D eigenvalue weighted by atomic mass is 9.88. The molecular weight excluding hydrogens is 358 g/mol. The minimum Gasteiger partial charge on any atom is -0.365 e. The third-order valence-corrected chi connectivity index (χ3v) is 6.19. The Hall–Kier alpha value is -2.86. The van der Waals surface area contributed by atoms with Crippen LogP contribution in [0.25, 0.3) is 5.69 Å². The topological polar surface area (TPSA) is 77.1 Å². The van der Waals surface area contributed by atoms with E-state index in [0.717, 1.165) is 30.5 Å². The van der Waals surface area contributed by atoms with Crippen LogP contribution in [-0.2, 0) is 12.8 Å². The predicted octanol–water partition coefficient (Wildman–Crippen LogP) is 4.01. The van der Waals surface area contributed by atoms with E-state index in [1.54, 1.807) is 12.1 Å². The Morgan fingerprint density at radius 1 is 1.19 bits per heavy atom. The van der Waals surface area contributed by atoms with E-state index in [-0.39, 0.29) is 5.91 Å². The van der Waals surface area contributed by atoms with Gasteiger partial charge in [-0.3, -0.25) is 9.59 Å². The fraction of sp³-hybridized carbons (Fsp3) is 0.238. The molecule has 1 atom stereocenters. The van der Waals surface area contributed by atoms with E-state index in [1.807, 2.05) is 41.2 Å². The molecule has 0 aliphatic heterocycles. The molecule has 4 rings (SSSR count). The highest BCUT2D eigenvalue weighted by molar-refractivity contribution is 7.17. The molecule has 1 aromatic carbocycles. The van der Waals surface area contributed by atoms with Crippen molar-refractivity contribution >= 4 is 28.2 Å². The number of nitrogens with two attached hydrogens (primary N) is 1. The van der Waals surface area contributed by atoms with Gasteiger partial charge >= 0.3 is 0 Å². The number of benzene rings is 1. The maximum atomic E-state index is 12.7. The molecule has 2 amide bonds. The number of thiophene rings is 1. The summed E-state index contributed by atoms with van der Waals surface area (Å²) in [6.07, 6.45) is 6.71. The van der Waals surface area contributed by atoms with Crippen LogP contribution in [0.15, 0.2) is 48.8 Å². The molecule has 138 valence electrons. The van der Waals surface area contributed by atoms with Crippen molar-refractivity contribution in [1.29, 1.82) is 0 Å². The quantitative estimate of drug-likeness (QED) is 0.718. The average Bonchev–Trinajstić information content (AvgIpc) is 3.29. The number of amides is 2. The smallest absolute Gasteiger partial charge is 0.256 e. The largest absolute Gasteiger partial charge is 0.365 e. The standard InChI is InChI=1S/C21H21N3O2S/c1-13-4-9-16-17(12-13)27-21(18(16)19(22)25)23-20(26)14-5-7-15(8-6-14)24-10-2-3-11-24/h2-3,5-8,10-11,13H,4,9,12H2,1H3,(H2,22,25)(H,23,26). The van der Waals surface area contributed by atoms with Gasteiger partial charge in [-0.25, -0.2) is 0 Å². The first-order valence-electron chi connectivity index (χ1n) is 9.02. The molecule has 0 fully saturated rings. The number of nitrogens with one attached hydrogen (secondary N) is 1. The number of hydrogen-bond acceptors (Lipinski definition) is 3. The van der Waals surface area contributed by atoms with Crippen molar-refractivity contribution in [1.82, 2.24) is 4.57 Å². The van der Waals surface area contributed by atoms with Crippen LogP contribution in [0.3, 0.4) is 0 Å². The van der Waals surface area contributed by atoms with E-state index in [9.17, 15) is 9.59 Å². The van der Waals surface area contributed by atoms with Crippen LogP contribution < -0.4 is 11.1 Å². The van der Waals surface area contributed by atoms with E-state index in [1.165, 1.54) is 16.2 Å². The molecule has 0 saturated heterocycles. The lowest BCUT2D eigenvalue weighted by molar-refractivity contribution is 0.1000. The highest BCUT2D eigenvalue weighted by atomic mass is 32.1. The molecule has 3 N–H and O–H groups in total. The molecule has 6 heteroatoms. The van der Waals surface area contributed by atoms with E-state index in [4.69, 9.17) is 5.73 Å². The second kappa shape index (κ2) is 7.04. The Morgan fingerprint density at radius 2 is 1.89 bits per heavy atom. The van der Waals surface area contributed by atoms with Crippen molar-refractivity contribution in [3.63, 3.8) is 0 Å². The molecule has 3 aromatic rings. The van der Waals surface area contributed by atoms with Crippen LogP contribution in [0, 0.1) is 5.92 Å². The molecular formula is C21H21N3O2S. The van der Waals surface area contributed by atoms with Crippen molar-refractivity contribution < 1.29 is 9.59 Å². The summed E-state index contributed by atoms with van der Waals surface area (Å²) in [5.74, 6) is -0.120. The van der Waals surface area contributed by atoms with E-state index >= 15 is 0 Å². The van der Waals surface area contributed by atoms with Crippen LogP contribution in [0.2, 0.25) is 0 Å². The molecule has 2 heterocycles. The molecule has 2 aromatic heterocycles. The number of anilines is 1. The lowest BCUT2D eigenvalue weighted by Crippen LogP contribution is -2.19. The van der Waals surface area contributed by atoms with Gasteiger partial charge < -0.3 is 15.6 Å². The van der Waals surface area contributed by atoms with Gasteiger partial charge in [-0.2, -0.15) is 0 Å². The second-order valence-electron chi connectivity index (χ2n) is 7.01. The maximum absolute atomic E-state index is 12.7. The van der Waals surface area contributed by atoms with E-state index in [0.29, 0.717) is 22.0 Å². The van der Waals surface area contributed by atoms with Gasteiger partial charge in [0.05, 0.1) is 5.56 Å². The number of carbonyl (C=O) groups excluding carboxylic acids is 2. The van der Waals surface area contributed by atoms with Gasteiger partial charge in [0.2, 0.25) is 0 Å². The van der Waals surface area contributed by atoms with Gasteiger partial charge in [0.15, 0.2) is 0 Å². The van der Waals surface area contributed by atoms with Gasteiger partial charge in [0.1, 0.15) is 5.00 Å². The summed E-state index contributed by atoms with van der Waals surface area (Å²) in [5.41, 5.74) is 8.65. The first-order chi connectivity index (χ1) is 13.0. The minimum absolute atomic E-state index is 0.233. The fourth-order valence-electron chi connectivity index (χ4n) is 3.57. The van der Waals surface area contributed by atoms with Gasteiger partial charge in [-0.1, -0.05) is 6.92 Å². The second-order valence-corrected chi connectivity index (χ2v) is 8.12. The fourth-order valence-corrected chi connectivity index (χ4v) is 4.98. The summed E-state index contributed by atoms with van der Waals surface area (Å²) >= 11 is 1.48. The van der Waals surface area contributed by atoms with Crippen molar-refractivity contribution in [2.75, 3.05) is 5.32 Å². The molecule has 0 spiro atoms. The summed E-state index contributed by atoms with van der Waals surface area (Å²) in [4.78, 5) is 25.9. The number of aromatic nitrogens is 1. The Kier molecular flexibility index (Phi) is 4.58. The predicted molar refractivity (Wildman–Crippen MR) is 108 cm³/mol. The summed E-state index contributed by atoms with van der Waals surface area (Å²) in [6.45, 7) is 2.21. The zero-order chi connectivity index (χ0) is 19.0. The van der Waals surface area contributed by atoms with Crippen LogP contribution in [0.4, 0.5) is 5.00 Å². The van der Waals surface area contributed by atoms with Crippen molar-refractivity contribution in [3.8, 4) is 5.69 Å². The zero-order valence-corrected chi connectivity index (χ0v) is 15.9. The lowest BCUT2D eigenvalue weighted by Gasteiger charge is -2.18. The third-order valence-electron chi connectivity index (χ3n) is 5.02. The van der Waals surface area contributed by atoms with Crippen LogP contribution in [-0.4, -0.2) is 16.4 Å². The number of primary amides is 1. The number of rotatable bonds is 4. The normalized spacial score (nSPS) is 16.0. The average molecular weight is 379 g/mol. The van der Waals surface area contributed by atoms with Crippen LogP contribution >= 0.6 is 11.3 Å². The first-order valence-corrected chi connectivity index (χ1v) is 9.83. The molecule has 1 unspecified atom stereocenters. The maximum Gasteiger partial charge on any atom is 0.256 e. The Bertz CT molecular complexity index is 987. The molecule has 1 aliphatic rings. The molecule has 5 nitrogen and oxygen atoms in total. The molecule has 0 bridgehead atoms. The van der Waals surface area contributed by atoms with Crippen LogP contribution in [0.5, 0.6) is 0 Å². The molecule has 27 heavy (non-hydrogen) atoms. The van der Waals surface area contributed by atoms with Crippen molar-refractivity contribution in [2.45, 2.75) is 26.2 Å². The SMILES string of the molecule is CC1CCc2c(sc(NC(=O)c3ccc(-n4cccc4)cc3)c2C(N)=O)C1. The van der Waals surface area contributed by atoms with Gasteiger partial charge in [-0.15, -0.1) is 11.3 Å². The molecule has 0 radical (unpaired) electrons.